The summed E-state index contributed by atoms with van der Waals surface area (Å²) in [5, 5.41) is 0. The van der Waals surface area contributed by atoms with Crippen molar-refractivity contribution in [1.82, 2.24) is 0 Å². The number of fused-ring (bicyclic) bond motifs is 6. The molecule has 0 saturated heterocycles. The molecule has 0 fully saturated rings. The van der Waals surface area contributed by atoms with Crippen LogP contribution in [0, 0.1) is 0 Å². The molecule has 1 nitrogen and oxygen atoms in total. The Morgan fingerprint density at radius 2 is 0.623 bits per heavy atom. The molecule has 0 atom stereocenters. The third-order valence-corrected chi connectivity index (χ3v) is 14.8. The summed E-state index contributed by atoms with van der Waals surface area (Å²) < 4.78 is 0. The third kappa shape index (κ3) is 6.10. The zero-order valence-electron chi connectivity index (χ0n) is 38.1. The Hall–Kier alpha value is -8.78. The molecule has 0 amide bonds. The van der Waals surface area contributed by atoms with E-state index in [-0.39, 0.29) is 0 Å². The van der Waals surface area contributed by atoms with Gasteiger partial charge in [-0.2, -0.15) is 0 Å². The normalized spacial score (nSPS) is 13.4. The van der Waals surface area contributed by atoms with E-state index in [2.05, 4.69) is 290 Å². The van der Waals surface area contributed by atoms with Gasteiger partial charge in [-0.05, 0) is 102 Å². The number of nitrogens with zero attached hydrogens (tertiary/aromatic N) is 1. The molecule has 11 aromatic rings. The second-order valence-electron chi connectivity index (χ2n) is 18.2. The molecule has 0 bridgehead atoms. The van der Waals surface area contributed by atoms with Gasteiger partial charge in [-0.3, -0.25) is 0 Å². The largest absolute Gasteiger partial charge is 0.309 e. The lowest BCUT2D eigenvalue weighted by molar-refractivity contribution is 0.768. The van der Waals surface area contributed by atoms with Crippen molar-refractivity contribution >= 4 is 17.1 Å². The minimum absolute atomic E-state index is 0.565. The molecule has 11 aromatic carbocycles. The highest BCUT2D eigenvalue weighted by atomic mass is 15.1. The molecule has 0 radical (unpaired) electrons. The zero-order chi connectivity index (χ0) is 45.8. The van der Waals surface area contributed by atoms with Crippen molar-refractivity contribution in [3.63, 3.8) is 0 Å². The van der Waals surface area contributed by atoms with E-state index >= 15 is 0 Å². The maximum Gasteiger partial charge on any atom is 0.0714 e. The van der Waals surface area contributed by atoms with Crippen LogP contribution in [-0.4, -0.2) is 0 Å². The summed E-state index contributed by atoms with van der Waals surface area (Å²) >= 11 is 0. The van der Waals surface area contributed by atoms with Crippen LogP contribution in [0.15, 0.2) is 285 Å². The first kappa shape index (κ1) is 40.5. The van der Waals surface area contributed by atoms with Gasteiger partial charge in [-0.1, -0.05) is 261 Å². The minimum Gasteiger partial charge on any atom is -0.309 e. The Balaban J connectivity index is 1.15. The van der Waals surface area contributed by atoms with Crippen molar-refractivity contribution in [2.75, 3.05) is 4.90 Å². The summed E-state index contributed by atoms with van der Waals surface area (Å²) in [5.74, 6) is 0. The van der Waals surface area contributed by atoms with Gasteiger partial charge in [-0.15, -0.1) is 0 Å². The number of rotatable bonds is 9. The second kappa shape index (κ2) is 16.5. The van der Waals surface area contributed by atoms with Gasteiger partial charge in [0, 0.05) is 16.8 Å². The molecular weight excluding hydrogens is 831 g/mol. The molecule has 0 spiro atoms. The smallest absolute Gasteiger partial charge is 0.0714 e. The van der Waals surface area contributed by atoms with Crippen molar-refractivity contribution in [3.8, 4) is 44.5 Å². The first-order valence-corrected chi connectivity index (χ1v) is 24.0. The van der Waals surface area contributed by atoms with Crippen LogP contribution in [0.5, 0.6) is 0 Å². The molecule has 13 rings (SSSR count). The molecule has 2 aliphatic carbocycles. The lowest BCUT2D eigenvalue weighted by Crippen LogP contribution is -2.29. The van der Waals surface area contributed by atoms with Crippen molar-refractivity contribution in [2.45, 2.75) is 10.8 Å². The van der Waals surface area contributed by atoms with Crippen LogP contribution in [0.1, 0.15) is 44.5 Å². The summed E-state index contributed by atoms with van der Waals surface area (Å²) in [6.07, 6.45) is 0. The molecule has 69 heavy (non-hydrogen) atoms. The predicted molar refractivity (Wildman–Crippen MR) is 287 cm³/mol. The van der Waals surface area contributed by atoms with Crippen LogP contribution in [0.25, 0.3) is 44.5 Å². The summed E-state index contributed by atoms with van der Waals surface area (Å²) in [7, 11) is 0. The molecule has 0 unspecified atom stereocenters. The number of benzene rings is 11. The molecule has 0 N–H and O–H groups in total. The summed E-state index contributed by atoms with van der Waals surface area (Å²) in [4.78, 5) is 2.57. The first-order valence-electron chi connectivity index (χ1n) is 24.0. The van der Waals surface area contributed by atoms with Crippen LogP contribution in [-0.2, 0) is 10.8 Å². The fourth-order valence-electron chi connectivity index (χ4n) is 12.1. The first-order chi connectivity index (χ1) is 34.3. The van der Waals surface area contributed by atoms with Crippen molar-refractivity contribution in [2.24, 2.45) is 0 Å². The van der Waals surface area contributed by atoms with Crippen molar-refractivity contribution in [3.05, 3.63) is 330 Å². The average Bonchev–Trinajstić information content (AvgIpc) is 3.91. The van der Waals surface area contributed by atoms with Gasteiger partial charge in [0.15, 0.2) is 0 Å². The molecule has 2 aliphatic rings. The SMILES string of the molecule is c1ccc(-c2ccccc2-c2ccccc2N(c2ccc3c(c2)C(c2ccccc2)(c2ccccc2)c2ccccc2-3)c2cccc3c2-c2ccccc2C3(c2ccccc2)c2ccccc2)cc1. The van der Waals surface area contributed by atoms with Gasteiger partial charge in [-0.25, -0.2) is 0 Å². The number of hydrogen-bond acceptors (Lipinski definition) is 1. The van der Waals surface area contributed by atoms with Gasteiger partial charge in [0.25, 0.3) is 0 Å². The van der Waals surface area contributed by atoms with Crippen LogP contribution in [0.4, 0.5) is 17.1 Å². The minimum atomic E-state index is -0.573. The van der Waals surface area contributed by atoms with E-state index in [1.165, 1.54) is 83.5 Å². The van der Waals surface area contributed by atoms with Crippen LogP contribution < -0.4 is 4.90 Å². The standard InChI is InChI=1S/C68H47N/c1-6-25-48(26-7-1)54-35-16-17-36-55(54)58-38-20-23-43-64(58)69(53-45-46-57-56-37-18-21-40-60(56)68(63(57)47-53,51-31-12-4-13-32-51)52-33-14-5-15-34-52)65-44-24-42-62-66(65)59-39-19-22-41-61(59)67(62,49-27-8-2-9-28-49)50-29-10-3-11-30-50/h1-47H. The number of para-hydroxylation sites is 1. The molecule has 0 aliphatic heterocycles. The molecule has 0 aromatic heterocycles. The highest BCUT2D eigenvalue weighted by molar-refractivity contribution is 6.01. The van der Waals surface area contributed by atoms with E-state index in [9.17, 15) is 0 Å². The molecule has 0 heterocycles. The Bertz CT molecular complexity index is 3570. The fraction of sp³-hybridized carbons (Fsp3) is 0.0294. The fourth-order valence-corrected chi connectivity index (χ4v) is 12.1. The summed E-state index contributed by atoms with van der Waals surface area (Å²) in [6, 6.07) is 106. The second-order valence-corrected chi connectivity index (χ2v) is 18.2. The highest BCUT2D eigenvalue weighted by Gasteiger charge is 2.49. The van der Waals surface area contributed by atoms with Crippen molar-refractivity contribution < 1.29 is 0 Å². The maximum absolute atomic E-state index is 2.57. The van der Waals surface area contributed by atoms with Gasteiger partial charge in [0.05, 0.1) is 22.2 Å². The van der Waals surface area contributed by atoms with Crippen LogP contribution in [0.2, 0.25) is 0 Å². The van der Waals surface area contributed by atoms with E-state index in [4.69, 9.17) is 0 Å². The topological polar surface area (TPSA) is 3.24 Å². The lowest BCUT2D eigenvalue weighted by atomic mass is 9.67. The van der Waals surface area contributed by atoms with E-state index < -0.39 is 10.8 Å². The van der Waals surface area contributed by atoms with Gasteiger partial charge < -0.3 is 4.90 Å². The van der Waals surface area contributed by atoms with E-state index in [1.807, 2.05) is 0 Å². The molecule has 324 valence electrons. The Labute approximate surface area is 404 Å². The van der Waals surface area contributed by atoms with Gasteiger partial charge in [0.2, 0.25) is 0 Å². The van der Waals surface area contributed by atoms with E-state index in [1.54, 1.807) is 0 Å². The van der Waals surface area contributed by atoms with Gasteiger partial charge in [0.1, 0.15) is 0 Å². The molecule has 0 saturated carbocycles. The quantitative estimate of drug-likeness (QED) is 0.140. The Morgan fingerprint density at radius 1 is 0.232 bits per heavy atom. The Kier molecular flexibility index (Phi) is 9.70. The summed E-state index contributed by atoms with van der Waals surface area (Å²) in [6.45, 7) is 0. The summed E-state index contributed by atoms with van der Waals surface area (Å²) in [5.41, 5.74) is 21.9. The van der Waals surface area contributed by atoms with E-state index in [0.717, 1.165) is 22.6 Å². The molecule has 1 heteroatoms. The highest BCUT2D eigenvalue weighted by Crippen LogP contribution is 2.61. The average molecular weight is 878 g/mol. The zero-order valence-corrected chi connectivity index (χ0v) is 38.1. The van der Waals surface area contributed by atoms with E-state index in [0.29, 0.717) is 0 Å². The number of anilines is 3. The number of hydrogen-bond donors (Lipinski definition) is 0. The predicted octanol–water partition coefficient (Wildman–Crippen LogP) is 17.2. The Morgan fingerprint density at radius 3 is 1.20 bits per heavy atom. The monoisotopic (exact) mass is 877 g/mol. The third-order valence-electron chi connectivity index (χ3n) is 14.8. The maximum atomic E-state index is 2.57. The molecular formula is C68H47N. The van der Waals surface area contributed by atoms with Crippen molar-refractivity contribution in [1.29, 1.82) is 0 Å². The lowest BCUT2D eigenvalue weighted by Gasteiger charge is -2.36. The van der Waals surface area contributed by atoms with Gasteiger partial charge >= 0.3 is 0 Å². The van der Waals surface area contributed by atoms with Crippen LogP contribution in [0.3, 0.4) is 0 Å². The van der Waals surface area contributed by atoms with Crippen LogP contribution >= 0.6 is 0 Å².